The largest absolute Gasteiger partial charge is 0.488 e. The second kappa shape index (κ2) is 5.82. The fourth-order valence-corrected chi connectivity index (χ4v) is 1.95. The molecule has 0 saturated heterocycles. The van der Waals surface area contributed by atoms with E-state index in [9.17, 15) is 10.0 Å². The number of aromatic nitrogens is 1. The molecule has 0 atom stereocenters. The monoisotopic (exact) mass is 253 g/mol. The molecule has 0 aliphatic rings. The van der Waals surface area contributed by atoms with Crippen LogP contribution in [0.3, 0.4) is 0 Å². The van der Waals surface area contributed by atoms with Crippen molar-refractivity contribution in [1.82, 2.24) is 4.98 Å². The number of pyridine rings is 1. The molecule has 0 aliphatic heterocycles. The highest BCUT2D eigenvalue weighted by molar-refractivity contribution is 6.58. The van der Waals surface area contributed by atoms with E-state index in [2.05, 4.69) is 4.98 Å². The maximum Gasteiger partial charge on any atom is 0.488 e. The molecule has 0 amide bonds. The molecule has 0 bridgehead atoms. The van der Waals surface area contributed by atoms with Crippen LogP contribution in [0.15, 0.2) is 48.8 Å². The number of allylic oxidation sites excluding steroid dienone is 2. The van der Waals surface area contributed by atoms with E-state index in [1.165, 1.54) is 0 Å². The molecule has 1 aromatic carbocycles. The summed E-state index contributed by atoms with van der Waals surface area (Å²) in [6.07, 6.45) is 3.57. The van der Waals surface area contributed by atoms with Gasteiger partial charge in [-0.05, 0) is 47.6 Å². The molecule has 96 valence electrons. The summed E-state index contributed by atoms with van der Waals surface area (Å²) in [5, 5.41) is 18.4. The Morgan fingerprint density at radius 3 is 2.32 bits per heavy atom. The van der Waals surface area contributed by atoms with Crippen molar-refractivity contribution in [3.05, 3.63) is 59.9 Å². The first-order valence-corrected chi connectivity index (χ1v) is 6.14. The van der Waals surface area contributed by atoms with E-state index in [0.717, 1.165) is 22.3 Å². The van der Waals surface area contributed by atoms with E-state index in [0.29, 0.717) is 5.46 Å². The van der Waals surface area contributed by atoms with Crippen LogP contribution in [-0.4, -0.2) is 22.2 Å². The Hall–Kier alpha value is -1.91. The van der Waals surface area contributed by atoms with E-state index < -0.39 is 7.12 Å². The van der Waals surface area contributed by atoms with Crippen LogP contribution >= 0.6 is 0 Å². The van der Waals surface area contributed by atoms with Crippen molar-refractivity contribution in [3.63, 3.8) is 0 Å². The predicted octanol–water partition coefficient (Wildman–Crippen LogP) is 1.71. The van der Waals surface area contributed by atoms with Gasteiger partial charge in [0.05, 0.1) is 0 Å². The van der Waals surface area contributed by atoms with Crippen LogP contribution in [0.1, 0.15) is 25.0 Å². The van der Waals surface area contributed by atoms with E-state index in [4.69, 9.17) is 0 Å². The Bertz CT molecular complexity index is 594. The molecule has 2 aromatic rings. The van der Waals surface area contributed by atoms with Crippen LogP contribution in [0, 0.1) is 0 Å². The lowest BCUT2D eigenvalue weighted by atomic mass is 9.79. The van der Waals surface area contributed by atoms with Crippen molar-refractivity contribution >= 4 is 23.7 Å². The number of hydrogen-bond acceptors (Lipinski definition) is 3. The summed E-state index contributed by atoms with van der Waals surface area (Å²) < 4.78 is 0. The highest BCUT2D eigenvalue weighted by Gasteiger charge is 2.12. The lowest BCUT2D eigenvalue weighted by Crippen LogP contribution is -2.29. The third kappa shape index (κ3) is 3.10. The van der Waals surface area contributed by atoms with Gasteiger partial charge in [-0.3, -0.25) is 4.98 Å². The van der Waals surface area contributed by atoms with Gasteiger partial charge in [0.1, 0.15) is 0 Å². The summed E-state index contributed by atoms with van der Waals surface area (Å²) in [6.45, 7) is 4.06. The first-order valence-electron chi connectivity index (χ1n) is 6.14. The molecule has 0 unspecified atom stereocenters. The molecule has 0 saturated carbocycles. The quantitative estimate of drug-likeness (QED) is 0.819. The summed E-state index contributed by atoms with van der Waals surface area (Å²) in [7, 11) is -1.44. The smallest absolute Gasteiger partial charge is 0.423 e. The molecular formula is C15H16BNO2. The van der Waals surface area contributed by atoms with Gasteiger partial charge in [-0.25, -0.2) is 0 Å². The van der Waals surface area contributed by atoms with Gasteiger partial charge in [0, 0.05) is 12.4 Å². The van der Waals surface area contributed by atoms with Gasteiger partial charge < -0.3 is 10.0 Å². The van der Waals surface area contributed by atoms with Crippen molar-refractivity contribution in [2.24, 2.45) is 0 Å². The highest BCUT2D eigenvalue weighted by atomic mass is 16.4. The second-order valence-electron chi connectivity index (χ2n) is 4.49. The zero-order valence-corrected chi connectivity index (χ0v) is 11.0. The van der Waals surface area contributed by atoms with E-state index in [1.54, 1.807) is 18.3 Å². The topological polar surface area (TPSA) is 53.4 Å². The molecule has 19 heavy (non-hydrogen) atoms. The molecule has 3 nitrogen and oxygen atoms in total. The second-order valence-corrected chi connectivity index (χ2v) is 4.49. The van der Waals surface area contributed by atoms with Crippen LogP contribution < -0.4 is 5.46 Å². The zero-order valence-electron chi connectivity index (χ0n) is 11.0. The van der Waals surface area contributed by atoms with Gasteiger partial charge in [0.25, 0.3) is 0 Å². The van der Waals surface area contributed by atoms with E-state index in [1.807, 2.05) is 44.3 Å². The molecule has 0 radical (unpaired) electrons. The molecule has 1 aromatic heterocycles. The molecule has 4 heteroatoms. The summed E-state index contributed by atoms with van der Waals surface area (Å²) in [6, 6.07) is 11.2. The van der Waals surface area contributed by atoms with E-state index >= 15 is 0 Å². The predicted molar refractivity (Wildman–Crippen MR) is 78.7 cm³/mol. The van der Waals surface area contributed by atoms with Crippen LogP contribution in [0.4, 0.5) is 0 Å². The summed E-state index contributed by atoms with van der Waals surface area (Å²) in [4.78, 5) is 4.11. The average Bonchev–Trinajstić information content (AvgIpc) is 2.46. The Labute approximate surface area is 113 Å². The minimum absolute atomic E-state index is 0.496. The third-order valence-corrected chi connectivity index (χ3v) is 3.27. The lowest BCUT2D eigenvalue weighted by Gasteiger charge is -2.10. The Balaban J connectivity index is 2.43. The fraction of sp³-hybridized carbons (Fsp3) is 0.133. The zero-order chi connectivity index (χ0) is 13.8. The summed E-state index contributed by atoms with van der Waals surface area (Å²) >= 11 is 0. The van der Waals surface area contributed by atoms with Crippen LogP contribution in [0.2, 0.25) is 0 Å². The van der Waals surface area contributed by atoms with Gasteiger partial charge >= 0.3 is 7.12 Å². The van der Waals surface area contributed by atoms with Gasteiger partial charge in [-0.2, -0.15) is 0 Å². The Morgan fingerprint density at radius 1 is 1.00 bits per heavy atom. The third-order valence-electron chi connectivity index (χ3n) is 3.27. The summed E-state index contributed by atoms with van der Waals surface area (Å²) in [5.74, 6) is 0. The highest BCUT2D eigenvalue weighted by Crippen LogP contribution is 2.24. The number of rotatable bonds is 3. The van der Waals surface area contributed by atoms with Crippen molar-refractivity contribution < 1.29 is 10.0 Å². The molecule has 0 spiro atoms. The molecule has 1 heterocycles. The van der Waals surface area contributed by atoms with Gasteiger partial charge in [-0.15, -0.1) is 0 Å². The van der Waals surface area contributed by atoms with Crippen LogP contribution in [0.25, 0.3) is 11.1 Å². The minimum atomic E-state index is -1.44. The van der Waals surface area contributed by atoms with Crippen molar-refractivity contribution in [3.8, 4) is 0 Å². The molecule has 2 N–H and O–H groups in total. The SMILES string of the molecule is C/C(=C(/C)c1cccc(B(O)O)c1)c1cccnc1. The van der Waals surface area contributed by atoms with Gasteiger partial charge in [-0.1, -0.05) is 30.3 Å². The first-order chi connectivity index (χ1) is 9.09. The number of hydrogen-bond donors (Lipinski definition) is 2. The number of benzene rings is 1. The maximum absolute atomic E-state index is 9.22. The minimum Gasteiger partial charge on any atom is -0.423 e. The van der Waals surface area contributed by atoms with E-state index in [-0.39, 0.29) is 0 Å². The molecular weight excluding hydrogens is 237 g/mol. The lowest BCUT2D eigenvalue weighted by molar-refractivity contribution is 0.426. The normalized spacial score (nSPS) is 12.0. The maximum atomic E-state index is 9.22. The average molecular weight is 253 g/mol. The van der Waals surface area contributed by atoms with Crippen molar-refractivity contribution in [2.45, 2.75) is 13.8 Å². The standard InChI is InChI=1S/C15H16BNO2/c1-11(12(2)14-6-4-8-17-10-14)13-5-3-7-15(9-13)16(18)19/h3-10,18-19H,1-2H3/b12-11+. The van der Waals surface area contributed by atoms with Gasteiger partial charge in [0.15, 0.2) is 0 Å². The first kappa shape index (κ1) is 13.5. The molecule has 0 fully saturated rings. The van der Waals surface area contributed by atoms with Crippen LogP contribution in [-0.2, 0) is 0 Å². The van der Waals surface area contributed by atoms with Crippen LogP contribution in [0.5, 0.6) is 0 Å². The molecule has 0 aliphatic carbocycles. The fourth-order valence-electron chi connectivity index (χ4n) is 1.95. The molecule has 2 rings (SSSR count). The number of nitrogens with zero attached hydrogens (tertiary/aromatic N) is 1. The van der Waals surface area contributed by atoms with Crippen molar-refractivity contribution in [1.29, 1.82) is 0 Å². The Morgan fingerprint density at radius 2 is 1.68 bits per heavy atom. The summed E-state index contributed by atoms with van der Waals surface area (Å²) in [5.41, 5.74) is 4.76. The van der Waals surface area contributed by atoms with Gasteiger partial charge in [0.2, 0.25) is 0 Å². The Kier molecular flexibility index (Phi) is 4.15. The van der Waals surface area contributed by atoms with Crippen molar-refractivity contribution in [2.75, 3.05) is 0 Å².